The molecule has 0 bridgehead atoms. The summed E-state index contributed by atoms with van der Waals surface area (Å²) in [6.45, 7) is 8.49. The molecule has 1 saturated heterocycles. The zero-order valence-electron chi connectivity index (χ0n) is 12.8. The third kappa shape index (κ3) is 4.15. The van der Waals surface area contributed by atoms with Gasteiger partial charge in [0.15, 0.2) is 5.78 Å². The largest absolute Gasteiger partial charge is 0.370 e. The van der Waals surface area contributed by atoms with E-state index in [4.69, 9.17) is 4.74 Å². The first-order valence-electron chi connectivity index (χ1n) is 7.47. The van der Waals surface area contributed by atoms with Crippen LogP contribution in [0.4, 0.5) is 0 Å². The van der Waals surface area contributed by atoms with E-state index in [0.717, 1.165) is 31.5 Å². The molecule has 3 nitrogen and oxygen atoms in total. The molecule has 1 aromatic rings. The van der Waals surface area contributed by atoms with E-state index < -0.39 is 0 Å². The van der Waals surface area contributed by atoms with E-state index in [1.807, 2.05) is 0 Å². The van der Waals surface area contributed by atoms with Gasteiger partial charge in [-0.1, -0.05) is 17.7 Å². The molecule has 20 heavy (non-hydrogen) atoms. The van der Waals surface area contributed by atoms with Crippen LogP contribution in [0.3, 0.4) is 0 Å². The molecule has 0 saturated carbocycles. The van der Waals surface area contributed by atoms with E-state index in [0.29, 0.717) is 6.42 Å². The molecule has 0 unspecified atom stereocenters. The molecule has 0 aliphatic carbocycles. The summed E-state index contributed by atoms with van der Waals surface area (Å²) in [4.78, 5) is 12.1. The summed E-state index contributed by atoms with van der Waals surface area (Å²) < 4.78 is 5.73. The zero-order valence-corrected chi connectivity index (χ0v) is 12.8. The number of benzene rings is 1. The number of carbonyl (C=O) groups is 1. The zero-order chi connectivity index (χ0) is 14.5. The van der Waals surface area contributed by atoms with E-state index in [1.165, 1.54) is 16.7 Å². The van der Waals surface area contributed by atoms with Gasteiger partial charge in [0.1, 0.15) is 6.61 Å². The Hall–Kier alpha value is -1.19. The molecule has 0 radical (unpaired) electrons. The van der Waals surface area contributed by atoms with Crippen LogP contribution < -0.4 is 5.32 Å². The van der Waals surface area contributed by atoms with Crippen LogP contribution in [0.5, 0.6) is 0 Å². The van der Waals surface area contributed by atoms with Crippen LogP contribution in [0.15, 0.2) is 12.1 Å². The molecule has 3 heteroatoms. The molecule has 1 fully saturated rings. The first-order valence-corrected chi connectivity index (χ1v) is 7.47. The standard InChI is InChI=1S/C17H25NO2/c1-12-8-13(2)17(14(3)9-12)10-15(19)11-20-16-4-6-18-7-5-16/h8-9,16,18H,4-7,10-11H2,1-3H3. The van der Waals surface area contributed by atoms with Crippen molar-refractivity contribution in [2.75, 3.05) is 19.7 Å². The van der Waals surface area contributed by atoms with Crippen LogP contribution in [0, 0.1) is 20.8 Å². The predicted octanol–water partition coefficient (Wildman–Crippen LogP) is 2.49. The Morgan fingerprint density at radius 2 is 1.80 bits per heavy atom. The average Bonchev–Trinajstić information content (AvgIpc) is 2.42. The number of nitrogens with one attached hydrogen (secondary N) is 1. The second kappa shape index (κ2) is 7.00. The number of Topliss-reactive ketones (excluding diaryl/α,β-unsaturated/α-hetero) is 1. The average molecular weight is 275 g/mol. The first kappa shape index (κ1) is 15.2. The summed E-state index contributed by atoms with van der Waals surface area (Å²) in [5.41, 5.74) is 4.83. The third-order valence-corrected chi connectivity index (χ3v) is 3.98. The molecule has 110 valence electrons. The molecule has 0 amide bonds. The fourth-order valence-corrected chi connectivity index (χ4v) is 2.91. The van der Waals surface area contributed by atoms with Crippen molar-refractivity contribution in [1.82, 2.24) is 5.32 Å². The van der Waals surface area contributed by atoms with E-state index in [2.05, 4.69) is 38.2 Å². The van der Waals surface area contributed by atoms with Crippen molar-refractivity contribution in [2.24, 2.45) is 0 Å². The number of piperidine rings is 1. The molecule has 2 rings (SSSR count). The Morgan fingerprint density at radius 3 is 2.40 bits per heavy atom. The first-order chi connectivity index (χ1) is 9.56. The Bertz CT molecular complexity index is 453. The lowest BCUT2D eigenvalue weighted by molar-refractivity contribution is -0.125. The Balaban J connectivity index is 1.88. The van der Waals surface area contributed by atoms with Crippen molar-refractivity contribution in [2.45, 2.75) is 46.1 Å². The molecule has 0 aromatic heterocycles. The molecule has 0 atom stereocenters. The number of ketones is 1. The summed E-state index contributed by atoms with van der Waals surface area (Å²) in [6, 6.07) is 4.28. The summed E-state index contributed by atoms with van der Waals surface area (Å²) in [7, 11) is 0. The van der Waals surface area contributed by atoms with Gasteiger partial charge in [-0.2, -0.15) is 0 Å². The number of aryl methyl sites for hydroxylation is 3. The minimum atomic E-state index is 0.179. The predicted molar refractivity (Wildman–Crippen MR) is 81.2 cm³/mol. The number of rotatable bonds is 5. The molecular formula is C17H25NO2. The number of hydrogen-bond donors (Lipinski definition) is 1. The number of hydrogen-bond acceptors (Lipinski definition) is 3. The van der Waals surface area contributed by atoms with Gasteiger partial charge in [-0.05, 0) is 63.4 Å². The summed E-state index contributed by atoms with van der Waals surface area (Å²) in [5.74, 6) is 0.179. The third-order valence-electron chi connectivity index (χ3n) is 3.98. The molecule has 1 N–H and O–H groups in total. The maximum absolute atomic E-state index is 12.1. The lowest BCUT2D eigenvalue weighted by Gasteiger charge is -2.22. The maximum Gasteiger partial charge on any atom is 0.162 e. The van der Waals surface area contributed by atoms with Gasteiger partial charge in [0.05, 0.1) is 6.10 Å². The molecular weight excluding hydrogens is 250 g/mol. The molecule has 1 aromatic carbocycles. The Kier molecular flexibility index (Phi) is 5.32. The fourth-order valence-electron chi connectivity index (χ4n) is 2.91. The van der Waals surface area contributed by atoms with Gasteiger partial charge >= 0.3 is 0 Å². The monoisotopic (exact) mass is 275 g/mol. The Morgan fingerprint density at radius 1 is 1.20 bits per heavy atom. The highest BCUT2D eigenvalue weighted by molar-refractivity contribution is 5.82. The van der Waals surface area contributed by atoms with Gasteiger partial charge < -0.3 is 10.1 Å². The number of ether oxygens (including phenoxy) is 1. The van der Waals surface area contributed by atoms with Crippen molar-refractivity contribution in [1.29, 1.82) is 0 Å². The lowest BCUT2D eigenvalue weighted by atomic mass is 9.96. The van der Waals surface area contributed by atoms with E-state index >= 15 is 0 Å². The van der Waals surface area contributed by atoms with Gasteiger partial charge in [0.25, 0.3) is 0 Å². The van der Waals surface area contributed by atoms with Gasteiger partial charge in [-0.15, -0.1) is 0 Å². The summed E-state index contributed by atoms with van der Waals surface area (Å²) in [5, 5.41) is 3.30. The van der Waals surface area contributed by atoms with E-state index in [9.17, 15) is 4.79 Å². The topological polar surface area (TPSA) is 38.3 Å². The highest BCUT2D eigenvalue weighted by Gasteiger charge is 2.16. The smallest absolute Gasteiger partial charge is 0.162 e. The lowest BCUT2D eigenvalue weighted by Crippen LogP contribution is -2.33. The molecule has 1 aliphatic rings. The van der Waals surface area contributed by atoms with E-state index in [-0.39, 0.29) is 18.5 Å². The van der Waals surface area contributed by atoms with Crippen molar-refractivity contribution in [3.63, 3.8) is 0 Å². The van der Waals surface area contributed by atoms with Gasteiger partial charge in [0.2, 0.25) is 0 Å². The second-order valence-electron chi connectivity index (χ2n) is 5.85. The maximum atomic E-state index is 12.1. The van der Waals surface area contributed by atoms with E-state index in [1.54, 1.807) is 0 Å². The molecule has 1 aliphatic heterocycles. The highest BCUT2D eigenvalue weighted by Crippen LogP contribution is 2.17. The van der Waals surface area contributed by atoms with Gasteiger partial charge in [-0.3, -0.25) is 4.79 Å². The minimum Gasteiger partial charge on any atom is -0.370 e. The van der Waals surface area contributed by atoms with Crippen molar-refractivity contribution < 1.29 is 9.53 Å². The quantitative estimate of drug-likeness (QED) is 0.897. The van der Waals surface area contributed by atoms with Crippen molar-refractivity contribution >= 4 is 5.78 Å². The SMILES string of the molecule is Cc1cc(C)c(CC(=O)COC2CCNCC2)c(C)c1. The van der Waals surface area contributed by atoms with Crippen molar-refractivity contribution in [3.8, 4) is 0 Å². The normalized spacial score (nSPS) is 16.4. The van der Waals surface area contributed by atoms with Gasteiger partial charge in [-0.25, -0.2) is 0 Å². The van der Waals surface area contributed by atoms with Crippen LogP contribution in [0.25, 0.3) is 0 Å². The summed E-state index contributed by atoms with van der Waals surface area (Å²) >= 11 is 0. The van der Waals surface area contributed by atoms with Crippen LogP contribution in [-0.4, -0.2) is 31.6 Å². The number of carbonyl (C=O) groups excluding carboxylic acids is 1. The van der Waals surface area contributed by atoms with Crippen LogP contribution in [-0.2, 0) is 16.0 Å². The molecule has 1 heterocycles. The van der Waals surface area contributed by atoms with Crippen molar-refractivity contribution in [3.05, 3.63) is 34.4 Å². The second-order valence-corrected chi connectivity index (χ2v) is 5.85. The van der Waals surface area contributed by atoms with Crippen LogP contribution >= 0.6 is 0 Å². The van der Waals surface area contributed by atoms with Crippen LogP contribution in [0.1, 0.15) is 35.1 Å². The fraction of sp³-hybridized carbons (Fsp3) is 0.588. The highest BCUT2D eigenvalue weighted by atomic mass is 16.5. The van der Waals surface area contributed by atoms with Crippen LogP contribution in [0.2, 0.25) is 0 Å². The Labute approximate surface area is 121 Å². The minimum absolute atomic E-state index is 0.179. The van der Waals surface area contributed by atoms with Gasteiger partial charge in [0, 0.05) is 6.42 Å². The molecule has 0 spiro atoms. The summed E-state index contributed by atoms with van der Waals surface area (Å²) in [6.07, 6.45) is 2.76.